The molecule has 1 saturated carbocycles. The van der Waals surface area contributed by atoms with Crippen molar-refractivity contribution in [2.75, 3.05) is 34.6 Å². The van der Waals surface area contributed by atoms with Gasteiger partial charge in [0, 0.05) is 17.9 Å². The minimum Gasteiger partial charge on any atom is -0.493 e. The van der Waals surface area contributed by atoms with Crippen LogP contribution >= 0.6 is 0 Å². The highest BCUT2D eigenvalue weighted by Gasteiger charge is 2.50. The van der Waals surface area contributed by atoms with Gasteiger partial charge in [0.25, 0.3) is 0 Å². The Morgan fingerprint density at radius 2 is 2.04 bits per heavy atom. The average molecular weight is 334 g/mol. The summed E-state index contributed by atoms with van der Waals surface area (Å²) in [6.45, 7) is 0.692. The number of aliphatic hydroxyl groups is 1. The molecule has 1 saturated heterocycles. The van der Waals surface area contributed by atoms with E-state index in [-0.39, 0.29) is 12.2 Å². The van der Waals surface area contributed by atoms with Crippen LogP contribution in [0.4, 0.5) is 0 Å². The van der Waals surface area contributed by atoms with E-state index in [0.29, 0.717) is 6.04 Å². The third-order valence-electron chi connectivity index (χ3n) is 5.58. The first-order valence-corrected chi connectivity index (χ1v) is 8.36. The molecule has 1 aromatic carbocycles. The summed E-state index contributed by atoms with van der Waals surface area (Å²) in [5, 5.41) is 12.9. The Morgan fingerprint density at radius 1 is 1.25 bits per heavy atom. The molecule has 1 aliphatic heterocycles. The van der Waals surface area contributed by atoms with E-state index < -0.39 is 0 Å². The van der Waals surface area contributed by atoms with E-state index in [1.807, 2.05) is 6.07 Å². The molecule has 1 N–H and O–H groups in total. The van der Waals surface area contributed by atoms with Crippen LogP contribution in [0.5, 0.6) is 11.5 Å². The molecular weight excluding hydrogens is 308 g/mol. The number of benzene rings is 1. The number of fused-ring (bicyclic) bond motifs is 1. The number of likely N-dealkylation sites (tertiary alicyclic amines) is 1. The second-order valence-corrected chi connectivity index (χ2v) is 6.59. The van der Waals surface area contributed by atoms with Gasteiger partial charge in [0.05, 0.1) is 19.9 Å². The zero-order chi connectivity index (χ0) is 17.2. The number of aliphatic hydroxyl groups excluding tert-OH is 1. The van der Waals surface area contributed by atoms with Crippen LogP contribution in [-0.4, -0.2) is 56.4 Å². The minimum absolute atomic E-state index is 0.104. The molecule has 0 bridgehead atoms. The highest BCUT2D eigenvalue weighted by Crippen LogP contribution is 2.49. The molecule has 2 fully saturated rings. The topological polar surface area (TPSA) is 63.5 Å². The van der Waals surface area contributed by atoms with Gasteiger partial charge in [0.15, 0.2) is 11.5 Å². The first kappa shape index (κ1) is 17.0. The molecule has 1 heterocycles. The highest BCUT2D eigenvalue weighted by molar-refractivity contribution is 5.86. The molecule has 0 spiro atoms. The van der Waals surface area contributed by atoms with Crippen molar-refractivity contribution in [2.24, 2.45) is 5.16 Å². The Labute approximate surface area is 143 Å². The van der Waals surface area contributed by atoms with Gasteiger partial charge in [-0.1, -0.05) is 11.2 Å². The SMILES string of the molecule is COc1ccc([C@@]23CCC(=NOCO)C[C@@H]2N(C)CC3)cc1OC. The molecular formula is C18H26N2O4. The second-order valence-electron chi connectivity index (χ2n) is 6.59. The monoisotopic (exact) mass is 334 g/mol. The maximum Gasteiger partial charge on any atom is 0.214 e. The predicted octanol–water partition coefficient (Wildman–Crippen LogP) is 2.15. The Balaban J connectivity index is 1.94. The standard InChI is InChI=1S/C18H26N2O4/c1-20-9-8-18(7-6-14(11-17(18)20)19-24-12-21)13-4-5-15(22-2)16(10-13)23-3/h4-5,10,17,21H,6-9,11-12H2,1-3H3/t17-,18-/m0/s1. The zero-order valence-corrected chi connectivity index (χ0v) is 14.6. The van der Waals surface area contributed by atoms with Gasteiger partial charge < -0.3 is 24.3 Å². The lowest BCUT2D eigenvalue weighted by molar-refractivity contribution is 0.000546. The van der Waals surface area contributed by atoms with Crippen LogP contribution in [0.15, 0.2) is 23.4 Å². The third-order valence-corrected chi connectivity index (χ3v) is 5.58. The smallest absolute Gasteiger partial charge is 0.214 e. The summed E-state index contributed by atoms with van der Waals surface area (Å²) in [6, 6.07) is 6.67. The molecule has 0 aromatic heterocycles. The lowest BCUT2D eigenvalue weighted by atomic mass is 9.65. The van der Waals surface area contributed by atoms with Gasteiger partial charge in [-0.3, -0.25) is 0 Å². The van der Waals surface area contributed by atoms with Crippen LogP contribution in [-0.2, 0) is 10.3 Å². The Kier molecular flexibility index (Phi) is 4.96. The number of hydrogen-bond acceptors (Lipinski definition) is 6. The van der Waals surface area contributed by atoms with Crippen LogP contribution < -0.4 is 9.47 Å². The maximum atomic E-state index is 8.81. The zero-order valence-electron chi connectivity index (χ0n) is 14.6. The average Bonchev–Trinajstić information content (AvgIpc) is 2.97. The van der Waals surface area contributed by atoms with Gasteiger partial charge >= 0.3 is 0 Å². The van der Waals surface area contributed by atoms with E-state index >= 15 is 0 Å². The molecule has 132 valence electrons. The molecule has 2 atom stereocenters. The number of oxime groups is 1. The number of rotatable bonds is 5. The van der Waals surface area contributed by atoms with Gasteiger partial charge in [-0.2, -0.15) is 0 Å². The summed E-state index contributed by atoms with van der Waals surface area (Å²) in [5.74, 6) is 1.54. The lowest BCUT2D eigenvalue weighted by Gasteiger charge is -2.42. The predicted molar refractivity (Wildman–Crippen MR) is 91.7 cm³/mol. The van der Waals surface area contributed by atoms with Gasteiger partial charge in [0.2, 0.25) is 6.79 Å². The van der Waals surface area contributed by atoms with Crippen LogP contribution in [0.1, 0.15) is 31.2 Å². The van der Waals surface area contributed by atoms with E-state index in [0.717, 1.165) is 49.4 Å². The molecule has 6 heteroatoms. The van der Waals surface area contributed by atoms with Crippen LogP contribution in [0.2, 0.25) is 0 Å². The summed E-state index contributed by atoms with van der Waals surface area (Å²) in [6.07, 6.45) is 3.90. The van der Waals surface area contributed by atoms with Crippen molar-refractivity contribution in [3.63, 3.8) is 0 Å². The van der Waals surface area contributed by atoms with Crippen molar-refractivity contribution >= 4 is 5.71 Å². The maximum absolute atomic E-state index is 8.81. The van der Waals surface area contributed by atoms with Crippen molar-refractivity contribution < 1.29 is 19.4 Å². The molecule has 0 amide bonds. The van der Waals surface area contributed by atoms with Crippen molar-refractivity contribution in [1.82, 2.24) is 4.90 Å². The van der Waals surface area contributed by atoms with Crippen LogP contribution in [0.3, 0.4) is 0 Å². The number of ether oxygens (including phenoxy) is 2. The fourth-order valence-electron chi connectivity index (χ4n) is 4.29. The largest absolute Gasteiger partial charge is 0.493 e. The van der Waals surface area contributed by atoms with E-state index in [4.69, 9.17) is 19.4 Å². The van der Waals surface area contributed by atoms with E-state index in [1.165, 1.54) is 5.56 Å². The van der Waals surface area contributed by atoms with Crippen molar-refractivity contribution in [3.8, 4) is 11.5 Å². The second kappa shape index (κ2) is 6.99. The Hall–Kier alpha value is -1.79. The lowest BCUT2D eigenvalue weighted by Crippen LogP contribution is -2.46. The van der Waals surface area contributed by atoms with Crippen LogP contribution in [0, 0.1) is 0 Å². The van der Waals surface area contributed by atoms with Crippen LogP contribution in [0.25, 0.3) is 0 Å². The molecule has 0 radical (unpaired) electrons. The Morgan fingerprint density at radius 3 is 2.75 bits per heavy atom. The fraction of sp³-hybridized carbons (Fsp3) is 0.611. The van der Waals surface area contributed by atoms with Gasteiger partial charge in [-0.25, -0.2) is 0 Å². The quantitative estimate of drug-likeness (QED) is 0.660. The summed E-state index contributed by atoms with van der Waals surface area (Å²) in [4.78, 5) is 7.26. The summed E-state index contributed by atoms with van der Waals surface area (Å²) in [5.41, 5.74) is 2.43. The van der Waals surface area contributed by atoms with Gasteiger partial charge in [-0.15, -0.1) is 0 Å². The Bertz CT molecular complexity index is 619. The number of likely N-dealkylation sites (N-methyl/N-ethyl adjacent to an activating group) is 1. The molecule has 6 nitrogen and oxygen atoms in total. The molecule has 3 rings (SSSR count). The molecule has 24 heavy (non-hydrogen) atoms. The van der Waals surface area contributed by atoms with Gasteiger partial charge in [0.1, 0.15) is 0 Å². The first-order chi connectivity index (χ1) is 11.6. The fourth-order valence-corrected chi connectivity index (χ4v) is 4.29. The molecule has 1 aromatic rings. The molecule has 1 aliphatic carbocycles. The minimum atomic E-state index is -0.370. The normalized spacial score (nSPS) is 28.7. The number of hydrogen-bond donors (Lipinski definition) is 1. The summed E-state index contributed by atoms with van der Waals surface area (Å²) < 4.78 is 10.9. The molecule has 2 aliphatic rings. The number of methoxy groups -OCH3 is 2. The summed E-state index contributed by atoms with van der Waals surface area (Å²) >= 11 is 0. The first-order valence-electron chi connectivity index (χ1n) is 8.36. The summed E-state index contributed by atoms with van der Waals surface area (Å²) in [7, 11) is 5.50. The van der Waals surface area contributed by atoms with E-state index in [2.05, 4.69) is 29.2 Å². The van der Waals surface area contributed by atoms with Crippen molar-refractivity contribution in [1.29, 1.82) is 0 Å². The molecule has 0 unspecified atom stereocenters. The van der Waals surface area contributed by atoms with Crippen molar-refractivity contribution in [3.05, 3.63) is 23.8 Å². The van der Waals surface area contributed by atoms with Gasteiger partial charge in [-0.05, 0) is 50.6 Å². The number of nitrogens with zero attached hydrogens (tertiary/aromatic N) is 2. The highest BCUT2D eigenvalue weighted by atomic mass is 16.7. The third kappa shape index (κ3) is 2.84. The van der Waals surface area contributed by atoms with E-state index in [1.54, 1.807) is 14.2 Å². The van der Waals surface area contributed by atoms with E-state index in [9.17, 15) is 0 Å². The van der Waals surface area contributed by atoms with Crippen molar-refractivity contribution in [2.45, 2.75) is 37.1 Å².